The molecule has 0 saturated carbocycles. The molecule has 158 valence electrons. The Morgan fingerprint density at radius 2 is 1.86 bits per heavy atom. The van der Waals surface area contributed by atoms with E-state index in [0.29, 0.717) is 19.3 Å². The third-order valence-corrected chi connectivity index (χ3v) is 5.46. The summed E-state index contributed by atoms with van der Waals surface area (Å²) in [6, 6.07) is 7.96. The summed E-state index contributed by atoms with van der Waals surface area (Å²) in [6.07, 6.45) is 1.77. The zero-order valence-electron chi connectivity index (χ0n) is 17.3. The number of hydrogen-bond donors (Lipinski definition) is 1. The SMILES string of the molecule is CC(C)(C)OC(=O)[C@@H]1C[C@H](CC(=O)OCc2ccccc2)[C@H]2CC[C@H](N)C(=O)N21. The first kappa shape index (κ1) is 21.3. The van der Waals surface area contributed by atoms with Crippen LogP contribution in [0.1, 0.15) is 52.0 Å². The van der Waals surface area contributed by atoms with Gasteiger partial charge >= 0.3 is 11.9 Å². The average molecular weight is 402 g/mol. The smallest absolute Gasteiger partial charge is 0.329 e. The number of piperidine rings is 1. The first-order valence-corrected chi connectivity index (χ1v) is 10.2. The average Bonchev–Trinajstić information content (AvgIpc) is 3.02. The number of ether oxygens (including phenoxy) is 2. The van der Waals surface area contributed by atoms with Crippen molar-refractivity contribution in [2.75, 3.05) is 0 Å². The van der Waals surface area contributed by atoms with Gasteiger partial charge in [0.15, 0.2) is 0 Å². The zero-order chi connectivity index (χ0) is 21.2. The molecule has 7 heteroatoms. The van der Waals surface area contributed by atoms with Gasteiger partial charge in [0.2, 0.25) is 5.91 Å². The molecule has 7 nitrogen and oxygen atoms in total. The van der Waals surface area contributed by atoms with E-state index in [9.17, 15) is 14.4 Å². The minimum atomic E-state index is -0.704. The molecule has 2 saturated heterocycles. The molecule has 1 amide bonds. The van der Waals surface area contributed by atoms with Crippen molar-refractivity contribution >= 4 is 17.8 Å². The van der Waals surface area contributed by atoms with Crippen molar-refractivity contribution in [3.63, 3.8) is 0 Å². The molecule has 2 heterocycles. The zero-order valence-corrected chi connectivity index (χ0v) is 17.3. The Balaban J connectivity index is 1.68. The Labute approximate surface area is 171 Å². The molecule has 3 rings (SSSR count). The van der Waals surface area contributed by atoms with E-state index in [2.05, 4.69) is 0 Å². The molecule has 2 aliphatic rings. The molecule has 0 unspecified atom stereocenters. The van der Waals surface area contributed by atoms with Crippen molar-refractivity contribution in [2.24, 2.45) is 11.7 Å². The summed E-state index contributed by atoms with van der Waals surface area (Å²) in [6.45, 7) is 5.58. The van der Waals surface area contributed by atoms with E-state index in [1.54, 1.807) is 25.7 Å². The minimum Gasteiger partial charge on any atom is -0.461 e. The predicted octanol–water partition coefficient (Wildman–Crippen LogP) is 2.17. The Hall–Kier alpha value is -2.41. The number of hydrogen-bond acceptors (Lipinski definition) is 6. The maximum Gasteiger partial charge on any atom is 0.329 e. The van der Waals surface area contributed by atoms with Gasteiger partial charge in [0.05, 0.1) is 12.5 Å². The van der Waals surface area contributed by atoms with Crippen LogP contribution in [0.5, 0.6) is 0 Å². The van der Waals surface area contributed by atoms with Gasteiger partial charge in [-0.2, -0.15) is 0 Å². The van der Waals surface area contributed by atoms with Crippen LogP contribution in [0.15, 0.2) is 30.3 Å². The summed E-state index contributed by atoms with van der Waals surface area (Å²) in [7, 11) is 0. The summed E-state index contributed by atoms with van der Waals surface area (Å²) < 4.78 is 10.9. The van der Waals surface area contributed by atoms with Crippen LogP contribution in [0, 0.1) is 5.92 Å². The highest BCUT2D eigenvalue weighted by Crippen LogP contribution is 2.39. The molecule has 1 aromatic rings. The first-order chi connectivity index (χ1) is 13.7. The Kier molecular flexibility index (Phi) is 6.27. The third kappa shape index (κ3) is 5.15. The highest BCUT2D eigenvalue weighted by molar-refractivity contribution is 5.89. The van der Waals surface area contributed by atoms with Crippen LogP contribution in [-0.2, 0) is 30.5 Å². The monoisotopic (exact) mass is 402 g/mol. The van der Waals surface area contributed by atoms with Crippen LogP contribution in [0.4, 0.5) is 0 Å². The van der Waals surface area contributed by atoms with E-state index >= 15 is 0 Å². The molecular weight excluding hydrogens is 372 g/mol. The summed E-state index contributed by atoms with van der Waals surface area (Å²) in [5.41, 5.74) is 6.21. The van der Waals surface area contributed by atoms with Crippen LogP contribution >= 0.6 is 0 Å². The molecule has 0 radical (unpaired) electrons. The Morgan fingerprint density at radius 3 is 2.52 bits per heavy atom. The van der Waals surface area contributed by atoms with Crippen molar-refractivity contribution < 1.29 is 23.9 Å². The van der Waals surface area contributed by atoms with Crippen molar-refractivity contribution in [3.8, 4) is 0 Å². The fraction of sp³-hybridized carbons (Fsp3) is 0.591. The van der Waals surface area contributed by atoms with E-state index in [0.717, 1.165) is 5.56 Å². The summed E-state index contributed by atoms with van der Waals surface area (Å²) >= 11 is 0. The van der Waals surface area contributed by atoms with E-state index in [-0.39, 0.29) is 36.9 Å². The summed E-state index contributed by atoms with van der Waals surface area (Å²) in [4.78, 5) is 39.4. The lowest BCUT2D eigenvalue weighted by atomic mass is 9.89. The second-order valence-corrected chi connectivity index (χ2v) is 8.89. The van der Waals surface area contributed by atoms with Gasteiger partial charge in [-0.3, -0.25) is 9.59 Å². The topological polar surface area (TPSA) is 98.9 Å². The van der Waals surface area contributed by atoms with Gasteiger partial charge < -0.3 is 20.1 Å². The Morgan fingerprint density at radius 1 is 1.17 bits per heavy atom. The number of amides is 1. The molecule has 1 aromatic carbocycles. The van der Waals surface area contributed by atoms with E-state index < -0.39 is 23.7 Å². The molecule has 2 fully saturated rings. The Bertz CT molecular complexity index is 758. The van der Waals surface area contributed by atoms with E-state index in [4.69, 9.17) is 15.2 Å². The van der Waals surface area contributed by atoms with E-state index in [1.807, 2.05) is 30.3 Å². The van der Waals surface area contributed by atoms with Gasteiger partial charge in [0, 0.05) is 6.04 Å². The van der Waals surface area contributed by atoms with Crippen LogP contribution in [0.2, 0.25) is 0 Å². The molecule has 29 heavy (non-hydrogen) atoms. The van der Waals surface area contributed by atoms with Gasteiger partial charge in [-0.05, 0) is 51.5 Å². The minimum absolute atomic E-state index is 0.146. The number of nitrogens with zero attached hydrogens (tertiary/aromatic N) is 1. The molecule has 2 aliphatic heterocycles. The maximum absolute atomic E-state index is 12.7. The van der Waals surface area contributed by atoms with Gasteiger partial charge in [0.25, 0.3) is 0 Å². The summed E-state index contributed by atoms with van der Waals surface area (Å²) in [5.74, 6) is -1.15. The first-order valence-electron chi connectivity index (χ1n) is 10.2. The highest BCUT2D eigenvalue weighted by atomic mass is 16.6. The highest BCUT2D eigenvalue weighted by Gasteiger charge is 2.51. The number of esters is 2. The lowest BCUT2D eigenvalue weighted by Gasteiger charge is -2.37. The van der Waals surface area contributed by atoms with Crippen molar-refractivity contribution in [3.05, 3.63) is 35.9 Å². The van der Waals surface area contributed by atoms with Gasteiger partial charge in [-0.1, -0.05) is 30.3 Å². The number of fused-ring (bicyclic) bond motifs is 1. The molecule has 2 N–H and O–H groups in total. The lowest BCUT2D eigenvalue weighted by molar-refractivity contribution is -0.165. The molecule has 0 spiro atoms. The standard InChI is InChI=1S/C22H30N2O5/c1-22(2,3)29-21(27)18-11-15(17-10-9-16(23)20(26)24(17)18)12-19(25)28-13-14-7-5-4-6-8-14/h4-8,15-18H,9-13,23H2,1-3H3/t15-,16+,17-,18+/m1/s1. The number of carbonyl (C=O) groups excluding carboxylic acids is 3. The third-order valence-electron chi connectivity index (χ3n) is 5.46. The molecule has 4 atom stereocenters. The predicted molar refractivity (Wildman–Crippen MR) is 106 cm³/mol. The van der Waals surface area contributed by atoms with Crippen LogP contribution < -0.4 is 5.73 Å². The number of rotatable bonds is 5. The van der Waals surface area contributed by atoms with Crippen LogP contribution in [-0.4, -0.2) is 46.5 Å². The quantitative estimate of drug-likeness (QED) is 0.758. The maximum atomic E-state index is 12.7. The second-order valence-electron chi connectivity index (χ2n) is 8.89. The summed E-state index contributed by atoms with van der Waals surface area (Å²) in [5, 5.41) is 0. The van der Waals surface area contributed by atoms with Gasteiger partial charge in [0.1, 0.15) is 18.2 Å². The van der Waals surface area contributed by atoms with Gasteiger partial charge in [-0.25, -0.2) is 4.79 Å². The van der Waals surface area contributed by atoms with Crippen LogP contribution in [0.3, 0.4) is 0 Å². The molecule has 0 aromatic heterocycles. The number of benzene rings is 1. The van der Waals surface area contributed by atoms with E-state index in [1.165, 1.54) is 0 Å². The molecular formula is C22H30N2O5. The van der Waals surface area contributed by atoms with Gasteiger partial charge in [-0.15, -0.1) is 0 Å². The second kappa shape index (κ2) is 8.53. The fourth-order valence-electron chi connectivity index (χ4n) is 4.18. The number of carbonyl (C=O) groups is 3. The number of nitrogens with two attached hydrogens (primary N) is 1. The fourth-order valence-corrected chi connectivity index (χ4v) is 4.18. The molecule has 0 bridgehead atoms. The van der Waals surface area contributed by atoms with Crippen molar-refractivity contribution in [1.82, 2.24) is 4.90 Å². The van der Waals surface area contributed by atoms with Crippen molar-refractivity contribution in [1.29, 1.82) is 0 Å². The lowest BCUT2D eigenvalue weighted by Crippen LogP contribution is -2.56. The molecule has 0 aliphatic carbocycles. The van der Waals surface area contributed by atoms with Crippen molar-refractivity contribution in [2.45, 2.75) is 76.8 Å². The largest absolute Gasteiger partial charge is 0.461 e. The normalized spacial score (nSPS) is 26.8. The van der Waals surface area contributed by atoms with Crippen LogP contribution in [0.25, 0.3) is 0 Å².